The Morgan fingerprint density at radius 2 is 2.50 bits per heavy atom. The summed E-state index contributed by atoms with van der Waals surface area (Å²) in [5.41, 5.74) is 0.670. The van der Waals surface area contributed by atoms with E-state index in [1.54, 1.807) is 16.9 Å². The van der Waals surface area contributed by atoms with Crippen LogP contribution in [0.15, 0.2) is 12.4 Å². The predicted octanol–water partition coefficient (Wildman–Crippen LogP) is 0.827. The largest absolute Gasteiger partial charge is 0.368 e. The van der Waals surface area contributed by atoms with E-state index in [0.717, 1.165) is 12.4 Å². The lowest BCUT2D eigenvalue weighted by molar-refractivity contribution is 0.786. The fourth-order valence-electron chi connectivity index (χ4n) is 1.82. The molecule has 3 heterocycles. The Labute approximate surface area is 96.8 Å². The molecule has 0 amide bonds. The monoisotopic (exact) mass is 236 g/mol. The van der Waals surface area contributed by atoms with Crippen LogP contribution in [0.25, 0.3) is 5.65 Å². The van der Waals surface area contributed by atoms with E-state index in [1.807, 2.05) is 11.8 Å². The Balaban J connectivity index is 1.75. The minimum Gasteiger partial charge on any atom is -0.368 e. The SMILES string of the molecule is c1ncc2nnnn2c1NCC1CCCS1. The van der Waals surface area contributed by atoms with Crippen molar-refractivity contribution in [2.75, 3.05) is 17.6 Å². The highest BCUT2D eigenvalue weighted by molar-refractivity contribution is 8.00. The van der Waals surface area contributed by atoms with Crippen molar-refractivity contribution in [2.24, 2.45) is 0 Å². The topological polar surface area (TPSA) is 68.0 Å². The molecule has 0 radical (unpaired) electrons. The molecule has 1 unspecified atom stereocenters. The van der Waals surface area contributed by atoms with Crippen LogP contribution in [0.3, 0.4) is 0 Å². The second-order valence-corrected chi connectivity index (χ2v) is 5.17. The molecule has 2 aromatic rings. The van der Waals surface area contributed by atoms with E-state index in [-0.39, 0.29) is 0 Å². The summed E-state index contributed by atoms with van der Waals surface area (Å²) in [5.74, 6) is 2.13. The van der Waals surface area contributed by atoms with Gasteiger partial charge >= 0.3 is 0 Å². The summed E-state index contributed by atoms with van der Waals surface area (Å²) in [6.45, 7) is 0.950. The minimum absolute atomic E-state index is 0.670. The summed E-state index contributed by atoms with van der Waals surface area (Å²) in [6, 6.07) is 0. The van der Waals surface area contributed by atoms with Crippen LogP contribution in [-0.4, -0.2) is 42.6 Å². The van der Waals surface area contributed by atoms with Gasteiger partial charge in [0, 0.05) is 11.8 Å². The number of fused-ring (bicyclic) bond motifs is 1. The molecule has 1 aliphatic rings. The van der Waals surface area contributed by atoms with Gasteiger partial charge in [0.25, 0.3) is 0 Å². The van der Waals surface area contributed by atoms with Crippen LogP contribution < -0.4 is 5.32 Å². The number of rotatable bonds is 3. The summed E-state index contributed by atoms with van der Waals surface area (Å²) in [5, 5.41) is 15.4. The van der Waals surface area contributed by atoms with Crippen LogP contribution in [0, 0.1) is 0 Å². The maximum atomic E-state index is 4.10. The Hall–Kier alpha value is -1.37. The van der Waals surface area contributed by atoms with E-state index in [0.29, 0.717) is 10.9 Å². The molecule has 0 aromatic carbocycles. The molecule has 7 heteroatoms. The summed E-state index contributed by atoms with van der Waals surface area (Å²) < 4.78 is 1.67. The van der Waals surface area contributed by atoms with Gasteiger partial charge in [-0.05, 0) is 29.0 Å². The van der Waals surface area contributed by atoms with Gasteiger partial charge in [-0.3, -0.25) is 4.98 Å². The van der Waals surface area contributed by atoms with E-state index in [9.17, 15) is 0 Å². The zero-order chi connectivity index (χ0) is 10.8. The molecule has 0 bridgehead atoms. The van der Waals surface area contributed by atoms with Crippen molar-refractivity contribution in [3.63, 3.8) is 0 Å². The molecule has 1 aliphatic heterocycles. The van der Waals surface area contributed by atoms with Crippen LogP contribution in [0.5, 0.6) is 0 Å². The third kappa shape index (κ3) is 1.82. The summed E-state index contributed by atoms with van der Waals surface area (Å²) in [4.78, 5) is 4.10. The predicted molar refractivity (Wildman–Crippen MR) is 62.5 cm³/mol. The lowest BCUT2D eigenvalue weighted by Gasteiger charge is -2.10. The minimum atomic E-state index is 0.670. The van der Waals surface area contributed by atoms with Crippen molar-refractivity contribution in [1.82, 2.24) is 25.0 Å². The molecule has 1 N–H and O–H groups in total. The average Bonchev–Trinajstić information content (AvgIpc) is 2.97. The highest BCUT2D eigenvalue weighted by atomic mass is 32.2. The maximum absolute atomic E-state index is 4.10. The average molecular weight is 236 g/mol. The van der Waals surface area contributed by atoms with Gasteiger partial charge < -0.3 is 5.32 Å². The van der Waals surface area contributed by atoms with E-state index in [2.05, 4.69) is 25.8 Å². The normalized spacial score (nSPS) is 20.4. The summed E-state index contributed by atoms with van der Waals surface area (Å²) in [6.07, 6.45) is 6.01. The standard InChI is InChI=1S/C9H12N6S/c1-2-7(16-3-1)4-11-8-5-10-6-9-12-13-14-15(8)9/h5-7,11H,1-4H2. The first kappa shape index (κ1) is 9.83. The number of hydrogen-bond acceptors (Lipinski definition) is 6. The maximum Gasteiger partial charge on any atom is 0.199 e. The quantitative estimate of drug-likeness (QED) is 0.851. The number of thioether (sulfide) groups is 1. The second kappa shape index (κ2) is 4.25. The molecular formula is C9H12N6S. The number of nitrogens with one attached hydrogen (secondary N) is 1. The van der Waals surface area contributed by atoms with Crippen LogP contribution in [0.4, 0.5) is 5.82 Å². The Bertz CT molecular complexity index is 478. The van der Waals surface area contributed by atoms with Gasteiger partial charge in [-0.1, -0.05) is 0 Å². The number of tetrazole rings is 1. The molecule has 0 aliphatic carbocycles. The molecular weight excluding hydrogens is 224 g/mol. The Morgan fingerprint density at radius 3 is 3.38 bits per heavy atom. The fraction of sp³-hybridized carbons (Fsp3) is 0.556. The molecule has 0 spiro atoms. The first-order valence-electron chi connectivity index (χ1n) is 5.31. The highest BCUT2D eigenvalue weighted by Crippen LogP contribution is 2.26. The molecule has 0 saturated carbocycles. The van der Waals surface area contributed by atoms with Gasteiger partial charge in [-0.25, -0.2) is 0 Å². The lowest BCUT2D eigenvalue weighted by Crippen LogP contribution is -2.16. The van der Waals surface area contributed by atoms with E-state index < -0.39 is 0 Å². The molecule has 1 atom stereocenters. The van der Waals surface area contributed by atoms with Crippen LogP contribution >= 0.6 is 11.8 Å². The summed E-state index contributed by atoms with van der Waals surface area (Å²) in [7, 11) is 0. The lowest BCUT2D eigenvalue weighted by atomic mass is 10.2. The van der Waals surface area contributed by atoms with Gasteiger partial charge in [-0.2, -0.15) is 16.3 Å². The van der Waals surface area contributed by atoms with Crippen molar-refractivity contribution in [2.45, 2.75) is 18.1 Å². The van der Waals surface area contributed by atoms with Crippen molar-refractivity contribution in [3.8, 4) is 0 Å². The third-order valence-corrected chi connectivity index (χ3v) is 4.04. The molecule has 6 nitrogen and oxygen atoms in total. The van der Waals surface area contributed by atoms with Gasteiger partial charge in [0.2, 0.25) is 0 Å². The highest BCUT2D eigenvalue weighted by Gasteiger charge is 2.15. The first-order valence-corrected chi connectivity index (χ1v) is 6.36. The fourth-order valence-corrected chi connectivity index (χ4v) is 3.02. The van der Waals surface area contributed by atoms with Crippen molar-refractivity contribution < 1.29 is 0 Å². The zero-order valence-electron chi connectivity index (χ0n) is 8.70. The van der Waals surface area contributed by atoms with Gasteiger partial charge in [-0.15, -0.1) is 5.10 Å². The van der Waals surface area contributed by atoms with Gasteiger partial charge in [0.1, 0.15) is 5.82 Å². The van der Waals surface area contributed by atoms with Crippen molar-refractivity contribution in [3.05, 3.63) is 12.4 Å². The third-order valence-electron chi connectivity index (χ3n) is 2.64. The number of aromatic nitrogens is 5. The zero-order valence-corrected chi connectivity index (χ0v) is 9.52. The number of nitrogens with zero attached hydrogens (tertiary/aromatic N) is 5. The van der Waals surface area contributed by atoms with Crippen LogP contribution in [-0.2, 0) is 0 Å². The molecule has 84 valence electrons. The molecule has 1 saturated heterocycles. The second-order valence-electron chi connectivity index (χ2n) is 3.76. The number of hydrogen-bond donors (Lipinski definition) is 1. The molecule has 3 rings (SSSR count). The molecule has 2 aromatic heterocycles. The van der Waals surface area contributed by atoms with Crippen LogP contribution in [0.2, 0.25) is 0 Å². The van der Waals surface area contributed by atoms with E-state index in [1.165, 1.54) is 18.6 Å². The Kier molecular flexibility index (Phi) is 2.61. The van der Waals surface area contributed by atoms with E-state index in [4.69, 9.17) is 0 Å². The Morgan fingerprint density at radius 1 is 1.50 bits per heavy atom. The van der Waals surface area contributed by atoms with Crippen molar-refractivity contribution >= 4 is 23.2 Å². The smallest absolute Gasteiger partial charge is 0.199 e. The molecule has 1 fully saturated rings. The van der Waals surface area contributed by atoms with Crippen LogP contribution in [0.1, 0.15) is 12.8 Å². The molecule has 16 heavy (non-hydrogen) atoms. The summed E-state index contributed by atoms with van der Waals surface area (Å²) >= 11 is 2.03. The van der Waals surface area contributed by atoms with Gasteiger partial charge in [0.05, 0.1) is 12.4 Å². The number of anilines is 1. The first-order chi connectivity index (χ1) is 7.93. The van der Waals surface area contributed by atoms with E-state index >= 15 is 0 Å². The van der Waals surface area contributed by atoms with Gasteiger partial charge in [0.15, 0.2) is 5.65 Å². The van der Waals surface area contributed by atoms with Crippen molar-refractivity contribution in [1.29, 1.82) is 0 Å².